The zero-order valence-corrected chi connectivity index (χ0v) is 17.2. The second-order valence-corrected chi connectivity index (χ2v) is 9.62. The molecule has 3 aromatic rings. The van der Waals surface area contributed by atoms with E-state index in [2.05, 4.69) is 20.0 Å². The Morgan fingerprint density at radius 3 is 2.79 bits per heavy atom. The summed E-state index contributed by atoms with van der Waals surface area (Å²) < 4.78 is 35.2. The Labute approximate surface area is 173 Å². The van der Waals surface area contributed by atoms with Gasteiger partial charge >= 0.3 is 0 Å². The fourth-order valence-electron chi connectivity index (χ4n) is 3.24. The van der Waals surface area contributed by atoms with Crippen LogP contribution >= 0.6 is 11.8 Å². The largest absolute Gasteiger partial charge is 0.463 e. The summed E-state index contributed by atoms with van der Waals surface area (Å²) in [6.07, 6.45) is 8.40. The number of thioether (sulfide) groups is 1. The summed E-state index contributed by atoms with van der Waals surface area (Å²) >= 11 is 1.50. The number of hydrogen-bond donors (Lipinski definition) is 1. The molecule has 8 nitrogen and oxygen atoms in total. The first kappa shape index (κ1) is 19.9. The maximum atomic E-state index is 12.8. The Balaban J connectivity index is 1.48. The van der Waals surface area contributed by atoms with E-state index in [0.29, 0.717) is 10.9 Å². The lowest BCUT2D eigenvalue weighted by molar-refractivity contribution is 0.422. The van der Waals surface area contributed by atoms with Gasteiger partial charge in [0.15, 0.2) is 0 Å². The molecule has 29 heavy (non-hydrogen) atoms. The summed E-state index contributed by atoms with van der Waals surface area (Å²) in [4.78, 5) is 0.278. The van der Waals surface area contributed by atoms with Crippen LogP contribution in [-0.4, -0.2) is 40.8 Å². The van der Waals surface area contributed by atoms with Gasteiger partial charge in [0, 0.05) is 11.3 Å². The summed E-state index contributed by atoms with van der Waals surface area (Å²) in [5.41, 5.74) is 0. The minimum Gasteiger partial charge on any atom is -0.463 e. The Bertz CT molecular complexity index is 1050. The molecule has 0 spiro atoms. The number of hydrogen-bond acceptors (Lipinski definition) is 7. The van der Waals surface area contributed by atoms with Crippen molar-refractivity contribution in [2.75, 3.05) is 0 Å². The lowest BCUT2D eigenvalue weighted by Crippen LogP contribution is -2.43. The van der Waals surface area contributed by atoms with E-state index in [1.807, 2.05) is 0 Å². The molecule has 0 radical (unpaired) electrons. The Morgan fingerprint density at radius 2 is 2.00 bits per heavy atom. The van der Waals surface area contributed by atoms with Gasteiger partial charge in [0.05, 0.1) is 17.4 Å². The highest BCUT2D eigenvalue weighted by molar-refractivity contribution is 7.99. The molecule has 2 atom stereocenters. The Hall–Kier alpha value is -2.43. The molecule has 1 aliphatic rings. The van der Waals surface area contributed by atoms with Crippen molar-refractivity contribution in [1.29, 1.82) is 0 Å². The zero-order valence-electron chi connectivity index (χ0n) is 15.6. The van der Waals surface area contributed by atoms with Gasteiger partial charge in [-0.05, 0) is 37.1 Å². The van der Waals surface area contributed by atoms with E-state index >= 15 is 0 Å². The van der Waals surface area contributed by atoms with Crippen LogP contribution in [0, 0.1) is 0 Å². The molecule has 2 unspecified atom stereocenters. The molecular weight excluding hydrogens is 410 g/mol. The molecule has 2 heterocycles. The smallest absolute Gasteiger partial charge is 0.240 e. The average molecular weight is 432 g/mol. The van der Waals surface area contributed by atoms with E-state index in [0.717, 1.165) is 25.7 Å². The third kappa shape index (κ3) is 4.95. The molecule has 2 aromatic heterocycles. The average Bonchev–Trinajstić information content (AvgIpc) is 3.40. The lowest BCUT2D eigenvalue weighted by atomic mass is 9.96. The van der Waals surface area contributed by atoms with Crippen molar-refractivity contribution in [2.45, 2.75) is 47.0 Å². The van der Waals surface area contributed by atoms with Gasteiger partial charge in [-0.25, -0.2) is 13.1 Å². The molecule has 0 saturated heterocycles. The Kier molecular flexibility index (Phi) is 6.12. The van der Waals surface area contributed by atoms with Crippen molar-refractivity contribution in [2.24, 2.45) is 5.10 Å². The third-order valence-corrected chi connectivity index (χ3v) is 7.52. The Morgan fingerprint density at radius 1 is 1.17 bits per heavy atom. The van der Waals surface area contributed by atoms with Crippen LogP contribution in [0.3, 0.4) is 0 Å². The second-order valence-electron chi connectivity index (χ2n) is 6.70. The predicted octanol–water partition coefficient (Wildman–Crippen LogP) is 3.14. The molecule has 0 aliphatic heterocycles. The number of rotatable bonds is 7. The topological polar surface area (TPSA) is 102 Å². The van der Waals surface area contributed by atoms with E-state index < -0.39 is 10.0 Å². The number of furan rings is 1. The molecule has 1 aliphatic carbocycles. The second kappa shape index (κ2) is 8.93. The highest BCUT2D eigenvalue weighted by Gasteiger charge is 2.31. The summed E-state index contributed by atoms with van der Waals surface area (Å²) in [7, 11) is -3.57. The van der Waals surface area contributed by atoms with Crippen LogP contribution in [0.1, 0.15) is 31.4 Å². The van der Waals surface area contributed by atoms with Crippen molar-refractivity contribution >= 4 is 28.0 Å². The number of nitrogens with zero attached hydrogens (tertiary/aromatic N) is 4. The molecular formula is C19H21N5O3S2. The molecule has 10 heteroatoms. The van der Waals surface area contributed by atoms with Crippen LogP contribution in [0.4, 0.5) is 0 Å². The monoisotopic (exact) mass is 431 g/mol. The van der Waals surface area contributed by atoms with E-state index in [1.54, 1.807) is 59.6 Å². The van der Waals surface area contributed by atoms with Gasteiger partial charge in [-0.2, -0.15) is 9.78 Å². The van der Waals surface area contributed by atoms with Gasteiger partial charge in [0.2, 0.25) is 15.2 Å². The van der Waals surface area contributed by atoms with Gasteiger partial charge in [-0.15, -0.1) is 10.2 Å². The number of aromatic nitrogens is 3. The van der Waals surface area contributed by atoms with E-state index in [1.165, 1.54) is 18.1 Å². The summed E-state index contributed by atoms with van der Waals surface area (Å²) in [6, 6.07) is 11.9. The van der Waals surface area contributed by atoms with Gasteiger partial charge in [0.25, 0.3) is 0 Å². The zero-order chi connectivity index (χ0) is 20.1. The molecule has 4 rings (SSSR count). The molecule has 0 amide bonds. The van der Waals surface area contributed by atoms with Crippen molar-refractivity contribution in [1.82, 2.24) is 19.6 Å². The predicted molar refractivity (Wildman–Crippen MR) is 110 cm³/mol. The molecule has 1 saturated carbocycles. The van der Waals surface area contributed by atoms with E-state index in [9.17, 15) is 8.42 Å². The van der Waals surface area contributed by atoms with Crippen LogP contribution in [0.5, 0.6) is 0 Å². The lowest BCUT2D eigenvalue weighted by Gasteiger charge is -2.31. The minimum atomic E-state index is -3.57. The molecule has 1 fully saturated rings. The van der Waals surface area contributed by atoms with Crippen molar-refractivity contribution in [3.8, 4) is 0 Å². The van der Waals surface area contributed by atoms with Crippen molar-refractivity contribution in [3.63, 3.8) is 0 Å². The van der Waals surface area contributed by atoms with Gasteiger partial charge in [-0.3, -0.25) is 0 Å². The SMILES string of the molecule is O=S(=O)(NC1CCCCC1Sc1nncn1N=Cc1ccco1)c1ccccc1. The maximum absolute atomic E-state index is 12.8. The molecule has 1 N–H and O–H groups in total. The number of benzene rings is 1. The first-order chi connectivity index (χ1) is 14.1. The van der Waals surface area contributed by atoms with E-state index in [4.69, 9.17) is 4.42 Å². The highest BCUT2D eigenvalue weighted by Crippen LogP contribution is 2.33. The summed E-state index contributed by atoms with van der Waals surface area (Å²) in [5.74, 6) is 0.626. The normalized spacial score (nSPS) is 20.3. The highest BCUT2D eigenvalue weighted by atomic mass is 32.2. The van der Waals surface area contributed by atoms with Crippen LogP contribution in [-0.2, 0) is 10.0 Å². The molecule has 1 aromatic carbocycles. The van der Waals surface area contributed by atoms with Crippen LogP contribution in [0.25, 0.3) is 0 Å². The van der Waals surface area contributed by atoms with Crippen LogP contribution in [0.2, 0.25) is 0 Å². The quantitative estimate of drug-likeness (QED) is 0.577. The molecule has 0 bridgehead atoms. The van der Waals surface area contributed by atoms with Gasteiger partial charge < -0.3 is 4.42 Å². The maximum Gasteiger partial charge on any atom is 0.240 e. The number of sulfonamides is 1. The fourth-order valence-corrected chi connectivity index (χ4v) is 5.87. The van der Waals surface area contributed by atoms with Crippen molar-refractivity contribution in [3.05, 3.63) is 60.8 Å². The van der Waals surface area contributed by atoms with Gasteiger partial charge in [0.1, 0.15) is 12.1 Å². The van der Waals surface area contributed by atoms with E-state index in [-0.39, 0.29) is 16.2 Å². The summed E-state index contributed by atoms with van der Waals surface area (Å²) in [5, 5.41) is 13.1. The minimum absolute atomic E-state index is 0.0454. The fraction of sp³-hybridized carbons (Fsp3) is 0.316. The molecule has 152 valence electrons. The van der Waals surface area contributed by atoms with Gasteiger partial charge in [-0.1, -0.05) is 42.8 Å². The number of nitrogens with one attached hydrogen (secondary N) is 1. The van der Waals surface area contributed by atoms with Crippen LogP contribution < -0.4 is 4.72 Å². The third-order valence-electron chi connectivity index (χ3n) is 4.67. The van der Waals surface area contributed by atoms with Crippen LogP contribution in [0.15, 0.2) is 74.6 Å². The van der Waals surface area contributed by atoms with Crippen molar-refractivity contribution < 1.29 is 12.8 Å². The first-order valence-corrected chi connectivity index (χ1v) is 11.7. The first-order valence-electron chi connectivity index (χ1n) is 9.34. The summed E-state index contributed by atoms with van der Waals surface area (Å²) in [6.45, 7) is 0. The standard InChI is InChI=1S/C19H21N5O3S2/c25-29(26,16-8-2-1-3-9-16)23-17-10-4-5-11-18(17)28-19-22-20-14-24(19)21-13-15-7-6-12-27-15/h1-3,6-9,12-14,17-18,23H,4-5,10-11H2.